The molecule has 5 rings (SSSR count). The minimum Gasteiger partial charge on any atom is -0.494 e. The third-order valence-electron chi connectivity index (χ3n) is 7.75. The van der Waals surface area contributed by atoms with Gasteiger partial charge in [0, 0.05) is 29.4 Å². The number of unbranched alkanes of at least 4 members (excludes halogenated alkanes) is 3. The minimum absolute atomic E-state index is 0.0265. The molecule has 0 unspecified atom stereocenters. The number of nitriles is 1. The first-order valence-electron chi connectivity index (χ1n) is 15.1. The van der Waals surface area contributed by atoms with E-state index in [9.17, 15) is 14.9 Å². The zero-order chi connectivity index (χ0) is 30.9. The fourth-order valence-electron chi connectivity index (χ4n) is 5.23. The van der Waals surface area contributed by atoms with E-state index < -0.39 is 11.8 Å². The first-order chi connectivity index (χ1) is 21.5. The Balaban J connectivity index is 1.50. The van der Waals surface area contributed by atoms with Gasteiger partial charge in [0.2, 0.25) is 0 Å². The number of aromatic nitrogens is 2. The molecule has 2 amide bonds. The lowest BCUT2D eigenvalue weighted by Crippen LogP contribution is -2.43. The van der Waals surface area contributed by atoms with Gasteiger partial charge < -0.3 is 4.74 Å². The summed E-state index contributed by atoms with van der Waals surface area (Å²) in [7, 11) is 0. The van der Waals surface area contributed by atoms with Crippen LogP contribution in [0.5, 0.6) is 5.75 Å². The maximum absolute atomic E-state index is 13.8. The second-order valence-corrected chi connectivity index (χ2v) is 10.8. The lowest BCUT2D eigenvalue weighted by Gasteiger charge is -2.27. The van der Waals surface area contributed by atoms with Crippen molar-refractivity contribution in [2.24, 2.45) is 0 Å². The summed E-state index contributed by atoms with van der Waals surface area (Å²) in [5, 5.41) is 14.8. The molecule has 0 radical (unpaired) electrons. The van der Waals surface area contributed by atoms with E-state index in [1.54, 1.807) is 17.7 Å². The van der Waals surface area contributed by atoms with Crippen molar-refractivity contribution in [1.82, 2.24) is 14.7 Å². The molecule has 0 aliphatic carbocycles. The van der Waals surface area contributed by atoms with Crippen molar-refractivity contribution in [2.75, 3.05) is 13.2 Å². The van der Waals surface area contributed by atoms with E-state index in [1.807, 2.05) is 97.2 Å². The zero-order valence-electron chi connectivity index (χ0n) is 25.2. The van der Waals surface area contributed by atoms with Gasteiger partial charge in [-0.3, -0.25) is 14.5 Å². The molecule has 0 spiro atoms. The predicted molar refractivity (Wildman–Crippen MR) is 172 cm³/mol. The molecule has 7 nitrogen and oxygen atoms in total. The van der Waals surface area contributed by atoms with Gasteiger partial charge in [-0.15, -0.1) is 0 Å². The molecular formula is C37H36N4O3. The van der Waals surface area contributed by atoms with Crippen molar-refractivity contribution in [3.05, 3.63) is 119 Å². The maximum atomic E-state index is 13.8. The molecule has 1 aromatic heterocycles. The fraction of sp³-hybridized carbons (Fsp3) is 0.243. The summed E-state index contributed by atoms with van der Waals surface area (Å²) >= 11 is 0. The van der Waals surface area contributed by atoms with Crippen LogP contribution in [0.25, 0.3) is 23.0 Å². The number of para-hydroxylation sites is 1. The second kappa shape index (κ2) is 14.3. The molecule has 2 heterocycles. The number of amides is 2. The second-order valence-electron chi connectivity index (χ2n) is 10.8. The number of rotatable bonds is 12. The number of hydrogen-bond acceptors (Lipinski definition) is 5. The van der Waals surface area contributed by atoms with Gasteiger partial charge in [-0.25, -0.2) is 4.68 Å². The van der Waals surface area contributed by atoms with Crippen molar-refractivity contribution in [1.29, 1.82) is 5.26 Å². The number of carbonyl (C=O) groups excluding carboxylic acids is 2. The quantitative estimate of drug-likeness (QED) is 0.0988. The maximum Gasteiger partial charge on any atom is 0.271 e. The molecule has 7 heteroatoms. The van der Waals surface area contributed by atoms with Crippen molar-refractivity contribution >= 4 is 17.9 Å². The minimum atomic E-state index is -0.562. The highest BCUT2D eigenvalue weighted by atomic mass is 16.5. The van der Waals surface area contributed by atoms with E-state index in [0.29, 0.717) is 35.4 Å². The Kier molecular flexibility index (Phi) is 9.83. The van der Waals surface area contributed by atoms with Gasteiger partial charge in [0.15, 0.2) is 0 Å². The molecule has 0 saturated heterocycles. The van der Waals surface area contributed by atoms with Crippen molar-refractivity contribution < 1.29 is 14.3 Å². The van der Waals surface area contributed by atoms with E-state index in [4.69, 9.17) is 9.84 Å². The van der Waals surface area contributed by atoms with Crippen LogP contribution in [0.1, 0.15) is 50.7 Å². The number of ether oxygens (including phenoxy) is 1. The Morgan fingerprint density at radius 2 is 1.59 bits per heavy atom. The molecule has 0 N–H and O–H groups in total. The Labute approximate surface area is 258 Å². The van der Waals surface area contributed by atoms with Crippen LogP contribution >= 0.6 is 0 Å². The topological polar surface area (TPSA) is 88.2 Å². The highest BCUT2D eigenvalue weighted by Gasteiger charge is 2.35. The lowest BCUT2D eigenvalue weighted by molar-refractivity contribution is -0.140. The van der Waals surface area contributed by atoms with Crippen LogP contribution in [0.2, 0.25) is 0 Å². The zero-order valence-corrected chi connectivity index (χ0v) is 25.2. The van der Waals surface area contributed by atoms with Crippen LogP contribution in [0.4, 0.5) is 0 Å². The summed E-state index contributed by atoms with van der Waals surface area (Å²) in [5.74, 6) is -0.193. The molecule has 0 atom stereocenters. The highest BCUT2D eigenvalue weighted by molar-refractivity contribution is 6.19. The molecule has 0 saturated carbocycles. The summed E-state index contributed by atoms with van der Waals surface area (Å²) in [6.07, 6.45) is 8.67. The van der Waals surface area contributed by atoms with E-state index >= 15 is 0 Å². The number of benzene rings is 3. The van der Waals surface area contributed by atoms with E-state index in [-0.39, 0.29) is 12.1 Å². The fourth-order valence-corrected chi connectivity index (χ4v) is 5.23. The first kappa shape index (κ1) is 30.2. The van der Waals surface area contributed by atoms with Crippen LogP contribution in [-0.2, 0) is 16.0 Å². The molecular weight excluding hydrogens is 548 g/mol. The van der Waals surface area contributed by atoms with Gasteiger partial charge in [-0.05, 0) is 73.4 Å². The van der Waals surface area contributed by atoms with Crippen LogP contribution in [0.15, 0.2) is 108 Å². The molecule has 3 aromatic carbocycles. The van der Waals surface area contributed by atoms with Crippen LogP contribution in [0, 0.1) is 11.3 Å². The summed E-state index contributed by atoms with van der Waals surface area (Å²) in [5.41, 5.74) is 4.72. The monoisotopic (exact) mass is 584 g/mol. The normalized spacial score (nSPS) is 14.3. The van der Waals surface area contributed by atoms with E-state index in [2.05, 4.69) is 6.92 Å². The van der Waals surface area contributed by atoms with Crippen molar-refractivity contribution in [3.8, 4) is 28.8 Å². The average molecular weight is 585 g/mol. The van der Waals surface area contributed by atoms with Gasteiger partial charge in [-0.1, -0.05) is 74.7 Å². The first-order valence-corrected chi connectivity index (χ1v) is 15.1. The number of imide groups is 1. The summed E-state index contributed by atoms with van der Waals surface area (Å²) in [6.45, 7) is 4.69. The van der Waals surface area contributed by atoms with Crippen LogP contribution < -0.4 is 4.74 Å². The van der Waals surface area contributed by atoms with Gasteiger partial charge in [-0.2, -0.15) is 10.4 Å². The molecule has 0 fully saturated rings. The van der Waals surface area contributed by atoms with E-state index in [1.165, 1.54) is 17.7 Å². The van der Waals surface area contributed by atoms with E-state index in [0.717, 1.165) is 35.4 Å². The predicted octanol–water partition coefficient (Wildman–Crippen LogP) is 7.33. The van der Waals surface area contributed by atoms with Gasteiger partial charge in [0.1, 0.15) is 17.4 Å². The Bertz CT molecular complexity index is 1710. The van der Waals surface area contributed by atoms with Crippen LogP contribution in [0.3, 0.4) is 0 Å². The molecule has 44 heavy (non-hydrogen) atoms. The highest BCUT2D eigenvalue weighted by Crippen LogP contribution is 2.32. The average Bonchev–Trinajstić information content (AvgIpc) is 3.48. The Hall–Kier alpha value is -5.22. The Morgan fingerprint density at radius 3 is 2.27 bits per heavy atom. The van der Waals surface area contributed by atoms with Crippen molar-refractivity contribution in [3.63, 3.8) is 0 Å². The van der Waals surface area contributed by atoms with Gasteiger partial charge in [0.25, 0.3) is 11.8 Å². The number of carbonyl (C=O) groups is 2. The third-order valence-corrected chi connectivity index (χ3v) is 7.75. The molecule has 0 bridgehead atoms. The van der Waals surface area contributed by atoms with Gasteiger partial charge >= 0.3 is 0 Å². The summed E-state index contributed by atoms with van der Waals surface area (Å²) in [4.78, 5) is 28.2. The standard InChI is InChI=1S/C37H36N4O3/c1-3-4-5-12-23-44-32-19-17-29(18-20-32)35-30(26-41(39-35)31-15-10-7-11-16-31)24-33-27(2)34(25-38)37(43)40(36(33)42)22-21-28-13-8-6-9-14-28/h6-11,13-20,24,26H,3-5,12,21-23H2,1-2H3/b33-24+. The summed E-state index contributed by atoms with van der Waals surface area (Å²) < 4.78 is 7.72. The molecule has 1 aliphatic heterocycles. The Morgan fingerprint density at radius 1 is 0.886 bits per heavy atom. The SMILES string of the molecule is CCCCCCOc1ccc(-c2nn(-c3ccccc3)cc2/C=C2/C(=O)N(CCc3ccccc3)C(=O)C(C#N)=C2C)cc1. The smallest absolute Gasteiger partial charge is 0.271 e. The van der Waals surface area contributed by atoms with Gasteiger partial charge in [0.05, 0.1) is 18.0 Å². The molecule has 4 aromatic rings. The van der Waals surface area contributed by atoms with Crippen molar-refractivity contribution in [2.45, 2.75) is 46.0 Å². The summed E-state index contributed by atoms with van der Waals surface area (Å²) in [6, 6.07) is 29.2. The number of hydrogen-bond donors (Lipinski definition) is 0. The third kappa shape index (κ3) is 6.87. The lowest BCUT2D eigenvalue weighted by atomic mass is 9.93. The molecule has 222 valence electrons. The van der Waals surface area contributed by atoms with Crippen LogP contribution in [-0.4, -0.2) is 39.6 Å². The largest absolute Gasteiger partial charge is 0.494 e. The number of nitrogens with zero attached hydrogens (tertiary/aromatic N) is 4. The molecule has 1 aliphatic rings.